The van der Waals surface area contributed by atoms with Crippen LogP contribution in [0.4, 0.5) is 0 Å². The Morgan fingerprint density at radius 2 is 1.33 bits per heavy atom. The van der Waals surface area contributed by atoms with Gasteiger partial charge >= 0.3 is 0 Å². The molecule has 0 aromatic carbocycles. The topological polar surface area (TPSA) is 66.2 Å². The monoisotopic (exact) mass is 189 g/mol. The predicted molar refractivity (Wildman–Crippen MR) is 10.4 cm³/mol. The molecule has 0 saturated heterocycles. The van der Waals surface area contributed by atoms with Crippen molar-refractivity contribution < 1.29 is 41.6 Å². The van der Waals surface area contributed by atoms with Gasteiger partial charge in [-0.05, 0) is 0 Å². The minimum absolute atomic E-state index is 0. The van der Waals surface area contributed by atoms with Gasteiger partial charge in [0.2, 0.25) is 0 Å². The van der Waals surface area contributed by atoms with Crippen LogP contribution >= 0.6 is 0 Å². The van der Waals surface area contributed by atoms with E-state index in [1.54, 1.807) is 0 Å². The summed E-state index contributed by atoms with van der Waals surface area (Å²) in [6.45, 7) is 0. The zero-order chi connectivity index (χ0) is 3.58. The smallest absolute Gasteiger partial charge is 0.0689 e. The standard InChI is InChI=1S/Cu.NO3.Zn/c;2-1(3)4;/q;-1;. The van der Waals surface area contributed by atoms with E-state index in [4.69, 9.17) is 15.3 Å². The van der Waals surface area contributed by atoms with Crippen molar-refractivity contribution in [1.82, 2.24) is 0 Å². The van der Waals surface area contributed by atoms with Crippen molar-refractivity contribution >= 4 is 0 Å². The first-order chi connectivity index (χ1) is 1.73. The third kappa shape index (κ3) is 413. The summed E-state index contributed by atoms with van der Waals surface area (Å²) in [5, 5.41) is 14.8. The quantitative estimate of drug-likeness (QED) is 0.301. The van der Waals surface area contributed by atoms with Gasteiger partial charge in [-0.1, -0.05) is 0 Å². The van der Waals surface area contributed by atoms with Crippen molar-refractivity contribution in [2.75, 3.05) is 0 Å². The Balaban J connectivity index is -0.0000000450. The molecule has 0 fully saturated rings. The van der Waals surface area contributed by atoms with Gasteiger partial charge in [-0.25, -0.2) is 0 Å². The summed E-state index contributed by atoms with van der Waals surface area (Å²) < 4.78 is 0. The van der Waals surface area contributed by atoms with Crippen LogP contribution in [0.1, 0.15) is 0 Å². The van der Waals surface area contributed by atoms with Crippen LogP contribution in [0.15, 0.2) is 0 Å². The average Bonchev–Trinajstić information content (AvgIpc) is 0.811. The third-order valence-electron chi connectivity index (χ3n) is 0. The van der Waals surface area contributed by atoms with Gasteiger partial charge in [-0.3, -0.25) is 0 Å². The Morgan fingerprint density at radius 1 is 1.33 bits per heavy atom. The zero-order valence-electron chi connectivity index (χ0n) is 2.68. The van der Waals surface area contributed by atoms with E-state index in [1.807, 2.05) is 0 Å². The number of nitrogens with zero attached hydrogens (tertiary/aromatic N) is 1. The molecule has 0 atom stereocenters. The first kappa shape index (κ1) is 16.2. The van der Waals surface area contributed by atoms with E-state index < -0.39 is 5.09 Å². The van der Waals surface area contributed by atoms with Crippen LogP contribution < -0.4 is 0 Å². The van der Waals surface area contributed by atoms with Gasteiger partial charge in [0.1, 0.15) is 0 Å². The van der Waals surface area contributed by atoms with Gasteiger partial charge in [0.25, 0.3) is 0 Å². The van der Waals surface area contributed by atoms with Crippen molar-refractivity contribution in [1.29, 1.82) is 0 Å². The molecule has 6 heteroatoms. The SMILES string of the molecule is O=[N+]([O-])[O-].[Cu].[Zn]. The first-order valence-electron chi connectivity index (χ1n) is 0.548. The minimum Gasteiger partial charge on any atom is -0.356 e. The first-order valence-corrected chi connectivity index (χ1v) is 0.548. The summed E-state index contributed by atoms with van der Waals surface area (Å²) in [5.41, 5.74) is 0. The molecule has 37 valence electrons. The van der Waals surface area contributed by atoms with Crippen LogP contribution in [0.2, 0.25) is 0 Å². The molecule has 0 spiro atoms. The number of rotatable bonds is 0. The normalized spacial score (nSPS) is 4.00. The van der Waals surface area contributed by atoms with Gasteiger partial charge < -0.3 is 15.3 Å². The average molecular weight is 191 g/mol. The Morgan fingerprint density at radius 3 is 1.33 bits per heavy atom. The van der Waals surface area contributed by atoms with Crippen molar-refractivity contribution in [3.8, 4) is 0 Å². The van der Waals surface area contributed by atoms with E-state index in [1.165, 1.54) is 0 Å². The van der Waals surface area contributed by atoms with E-state index in [9.17, 15) is 0 Å². The van der Waals surface area contributed by atoms with E-state index in [2.05, 4.69) is 0 Å². The van der Waals surface area contributed by atoms with Crippen LogP contribution in [-0.2, 0) is 36.5 Å². The predicted octanol–water partition coefficient (Wildman–Crippen LogP) is -0.244. The maximum atomic E-state index is 8.25. The molecular formula is CuNO3Zn-. The Hall–Kier alpha value is 0.343. The van der Waals surface area contributed by atoms with Crippen LogP contribution in [0.5, 0.6) is 0 Å². The van der Waals surface area contributed by atoms with Crippen LogP contribution in [0, 0.1) is 15.3 Å². The fourth-order valence-electron chi connectivity index (χ4n) is 0. The molecule has 4 nitrogen and oxygen atoms in total. The molecule has 0 bridgehead atoms. The van der Waals surface area contributed by atoms with E-state index >= 15 is 0 Å². The molecule has 0 saturated carbocycles. The van der Waals surface area contributed by atoms with Crippen LogP contribution in [0.25, 0.3) is 0 Å². The second-order valence-corrected chi connectivity index (χ2v) is 0.224. The maximum absolute atomic E-state index is 8.25. The second-order valence-electron chi connectivity index (χ2n) is 0.224. The molecular weight excluding hydrogens is 191 g/mol. The van der Waals surface area contributed by atoms with Gasteiger partial charge in [-0.2, -0.15) is 0 Å². The van der Waals surface area contributed by atoms with Crippen molar-refractivity contribution in [2.24, 2.45) is 0 Å². The molecule has 0 aliphatic heterocycles. The fourth-order valence-corrected chi connectivity index (χ4v) is 0. The van der Waals surface area contributed by atoms with Gasteiger partial charge in [-0.15, -0.1) is 0 Å². The Kier molecular flexibility index (Phi) is 24.4. The van der Waals surface area contributed by atoms with Crippen molar-refractivity contribution in [3.05, 3.63) is 15.3 Å². The molecule has 0 rings (SSSR count). The zero-order valence-corrected chi connectivity index (χ0v) is 6.59. The Bertz CT molecular complexity index is 33.8. The Labute approximate surface area is 57.3 Å². The van der Waals surface area contributed by atoms with Crippen LogP contribution in [-0.4, -0.2) is 5.09 Å². The molecule has 0 amide bonds. The molecule has 1 radical (unpaired) electrons. The molecule has 0 aromatic rings. The van der Waals surface area contributed by atoms with Crippen molar-refractivity contribution in [3.63, 3.8) is 0 Å². The van der Waals surface area contributed by atoms with E-state index in [0.717, 1.165) is 0 Å². The number of hydrogen-bond acceptors (Lipinski definition) is 3. The molecule has 0 unspecified atom stereocenters. The van der Waals surface area contributed by atoms with E-state index in [0.29, 0.717) is 0 Å². The molecule has 0 heterocycles. The van der Waals surface area contributed by atoms with Crippen molar-refractivity contribution in [2.45, 2.75) is 0 Å². The summed E-state index contributed by atoms with van der Waals surface area (Å²) in [6.07, 6.45) is 0. The van der Waals surface area contributed by atoms with Gasteiger partial charge in [0.05, 0.1) is 5.09 Å². The summed E-state index contributed by atoms with van der Waals surface area (Å²) in [4.78, 5) is 8.25. The molecule has 6 heavy (non-hydrogen) atoms. The summed E-state index contributed by atoms with van der Waals surface area (Å²) in [7, 11) is 0. The molecule has 0 N–H and O–H groups in total. The fraction of sp³-hybridized carbons (Fsp3) is 0. The summed E-state index contributed by atoms with van der Waals surface area (Å²) in [6, 6.07) is 0. The number of hydrogen-bond donors (Lipinski definition) is 0. The van der Waals surface area contributed by atoms with Gasteiger partial charge in [0, 0.05) is 36.5 Å². The van der Waals surface area contributed by atoms with Gasteiger partial charge in [0.15, 0.2) is 0 Å². The minimum atomic E-state index is -1.75. The molecule has 0 aromatic heterocycles. The molecule has 0 aliphatic carbocycles. The second kappa shape index (κ2) is 9.02. The summed E-state index contributed by atoms with van der Waals surface area (Å²) in [5.74, 6) is 0. The largest absolute Gasteiger partial charge is 0.356 e. The summed E-state index contributed by atoms with van der Waals surface area (Å²) >= 11 is 0. The van der Waals surface area contributed by atoms with E-state index in [-0.39, 0.29) is 36.5 Å². The maximum Gasteiger partial charge on any atom is 0.0689 e. The third-order valence-corrected chi connectivity index (χ3v) is 0. The molecule has 0 aliphatic rings. The van der Waals surface area contributed by atoms with Crippen LogP contribution in [0.3, 0.4) is 0 Å².